The second kappa shape index (κ2) is 4.11. The minimum absolute atomic E-state index is 0.274. The van der Waals surface area contributed by atoms with Gasteiger partial charge >= 0.3 is 5.97 Å². The Morgan fingerprint density at radius 1 is 1.62 bits per heavy atom. The van der Waals surface area contributed by atoms with E-state index in [1.807, 2.05) is 0 Å². The van der Waals surface area contributed by atoms with Crippen LogP contribution in [0.15, 0.2) is 18.2 Å². The summed E-state index contributed by atoms with van der Waals surface area (Å²) < 4.78 is 0. The van der Waals surface area contributed by atoms with E-state index in [1.165, 1.54) is 0 Å². The monoisotopic (exact) mass is 239 g/mol. The molecule has 6 heteroatoms. The Hall–Kier alpha value is -1.59. The number of H-pyrrole nitrogens is 1. The second-order valence-corrected chi connectivity index (χ2v) is 3.92. The van der Waals surface area contributed by atoms with Crippen LogP contribution >= 0.6 is 11.6 Å². The number of carbonyl (C=O) groups is 1. The van der Waals surface area contributed by atoms with Crippen molar-refractivity contribution in [2.45, 2.75) is 12.5 Å². The Balaban J connectivity index is 2.29. The van der Waals surface area contributed by atoms with Crippen LogP contribution in [0.2, 0.25) is 5.15 Å². The molecule has 1 atom stereocenters. The van der Waals surface area contributed by atoms with Gasteiger partial charge in [-0.05, 0) is 24.1 Å². The van der Waals surface area contributed by atoms with Crippen LogP contribution in [0.4, 0.5) is 0 Å². The first-order valence-electron chi connectivity index (χ1n) is 4.69. The summed E-state index contributed by atoms with van der Waals surface area (Å²) in [7, 11) is 0. The second-order valence-electron chi connectivity index (χ2n) is 3.54. The predicted octanol–water partition coefficient (Wildman–Crippen LogP) is 1.17. The number of rotatable bonds is 3. The molecule has 0 bridgehead atoms. The van der Waals surface area contributed by atoms with E-state index in [0.29, 0.717) is 10.7 Å². The number of carboxylic acid groups (broad SMARTS) is 1. The van der Waals surface area contributed by atoms with Gasteiger partial charge in [0.25, 0.3) is 0 Å². The molecule has 0 saturated heterocycles. The molecule has 16 heavy (non-hydrogen) atoms. The van der Waals surface area contributed by atoms with E-state index in [1.54, 1.807) is 18.2 Å². The van der Waals surface area contributed by atoms with Gasteiger partial charge in [0.2, 0.25) is 0 Å². The maximum absolute atomic E-state index is 10.6. The normalized spacial score (nSPS) is 12.9. The van der Waals surface area contributed by atoms with Crippen molar-refractivity contribution in [1.29, 1.82) is 0 Å². The molecule has 5 nitrogen and oxygen atoms in total. The van der Waals surface area contributed by atoms with Gasteiger partial charge in [0.05, 0.1) is 5.52 Å². The fourth-order valence-corrected chi connectivity index (χ4v) is 1.70. The summed E-state index contributed by atoms with van der Waals surface area (Å²) in [5, 5.41) is 16.6. The average Bonchev–Trinajstić information content (AvgIpc) is 2.60. The first-order chi connectivity index (χ1) is 7.58. The molecule has 0 fully saturated rings. The largest absolute Gasteiger partial charge is 0.480 e. The van der Waals surface area contributed by atoms with E-state index < -0.39 is 12.0 Å². The third kappa shape index (κ3) is 2.00. The molecule has 4 N–H and O–H groups in total. The number of nitrogens with one attached hydrogen (secondary N) is 1. The Labute approximate surface area is 96.2 Å². The van der Waals surface area contributed by atoms with Crippen LogP contribution in [-0.2, 0) is 11.2 Å². The van der Waals surface area contributed by atoms with Crippen LogP contribution in [0, 0.1) is 0 Å². The number of hydrogen-bond acceptors (Lipinski definition) is 3. The molecule has 0 aliphatic rings. The number of benzene rings is 1. The van der Waals surface area contributed by atoms with Crippen molar-refractivity contribution in [3.8, 4) is 0 Å². The molecule has 1 aromatic carbocycles. The smallest absolute Gasteiger partial charge is 0.320 e. The van der Waals surface area contributed by atoms with Crippen molar-refractivity contribution >= 4 is 28.5 Å². The van der Waals surface area contributed by atoms with Gasteiger partial charge in [-0.25, -0.2) is 0 Å². The molecule has 0 radical (unpaired) electrons. The lowest BCUT2D eigenvalue weighted by Crippen LogP contribution is -2.32. The molecule has 2 rings (SSSR count). The summed E-state index contributed by atoms with van der Waals surface area (Å²) >= 11 is 5.84. The van der Waals surface area contributed by atoms with E-state index in [4.69, 9.17) is 22.4 Å². The predicted molar refractivity (Wildman–Crippen MR) is 60.4 cm³/mol. The van der Waals surface area contributed by atoms with Gasteiger partial charge in [0.15, 0.2) is 0 Å². The molecule has 0 saturated carbocycles. The first-order valence-corrected chi connectivity index (χ1v) is 5.06. The third-order valence-electron chi connectivity index (χ3n) is 2.35. The van der Waals surface area contributed by atoms with Gasteiger partial charge in [-0.1, -0.05) is 17.7 Å². The molecular formula is C10H10ClN3O2. The number of nitrogens with two attached hydrogens (primary N) is 1. The number of nitrogens with zero attached hydrogens (tertiary/aromatic N) is 1. The summed E-state index contributed by atoms with van der Waals surface area (Å²) in [4.78, 5) is 10.6. The lowest BCUT2D eigenvalue weighted by Gasteiger charge is -2.05. The maximum atomic E-state index is 10.6. The zero-order valence-corrected chi connectivity index (χ0v) is 9.03. The lowest BCUT2D eigenvalue weighted by atomic mass is 10.1. The summed E-state index contributed by atoms with van der Waals surface area (Å²) in [5.74, 6) is -1.01. The summed E-state index contributed by atoms with van der Waals surface area (Å²) in [6.07, 6.45) is 0.274. The topological polar surface area (TPSA) is 92.0 Å². The highest BCUT2D eigenvalue weighted by atomic mass is 35.5. The van der Waals surface area contributed by atoms with Gasteiger partial charge in [-0.15, -0.1) is 0 Å². The fourth-order valence-electron chi connectivity index (χ4n) is 1.49. The fraction of sp³-hybridized carbons (Fsp3) is 0.200. The van der Waals surface area contributed by atoms with Gasteiger partial charge in [0, 0.05) is 5.39 Å². The van der Waals surface area contributed by atoms with E-state index in [9.17, 15) is 4.79 Å². The number of carboxylic acids is 1. The van der Waals surface area contributed by atoms with E-state index in [0.717, 1.165) is 10.9 Å². The Morgan fingerprint density at radius 3 is 3.06 bits per heavy atom. The standard InChI is InChI=1S/C10H10ClN3O2/c11-9-6-2-1-5(3-7(12)10(15)16)4-8(6)13-14-9/h1-2,4,7H,3,12H2,(H,13,14)(H,15,16). The minimum Gasteiger partial charge on any atom is -0.480 e. The Morgan fingerprint density at radius 2 is 2.38 bits per heavy atom. The zero-order valence-electron chi connectivity index (χ0n) is 8.27. The highest BCUT2D eigenvalue weighted by Gasteiger charge is 2.13. The minimum atomic E-state index is -1.01. The molecular weight excluding hydrogens is 230 g/mol. The van der Waals surface area contributed by atoms with Crippen molar-refractivity contribution in [2.24, 2.45) is 5.73 Å². The van der Waals surface area contributed by atoms with Gasteiger partial charge in [-0.2, -0.15) is 5.10 Å². The van der Waals surface area contributed by atoms with Crippen LogP contribution in [0.25, 0.3) is 10.9 Å². The summed E-state index contributed by atoms with van der Waals surface area (Å²) in [5.41, 5.74) is 6.98. The molecule has 1 heterocycles. The number of hydrogen-bond donors (Lipinski definition) is 3. The van der Waals surface area contributed by atoms with Crippen molar-refractivity contribution in [3.05, 3.63) is 28.9 Å². The summed E-state index contributed by atoms with van der Waals surface area (Å²) in [6.45, 7) is 0. The SMILES string of the molecule is NC(Cc1ccc2c(Cl)[nH]nc2c1)C(=O)O. The van der Waals surface area contributed by atoms with Crippen molar-refractivity contribution < 1.29 is 9.90 Å². The first kappa shape index (κ1) is 10.9. The molecule has 0 aliphatic heterocycles. The Bertz CT molecular complexity index is 538. The molecule has 84 valence electrons. The van der Waals surface area contributed by atoms with Crippen LogP contribution in [0.5, 0.6) is 0 Å². The van der Waals surface area contributed by atoms with Crippen molar-refractivity contribution in [3.63, 3.8) is 0 Å². The summed E-state index contributed by atoms with van der Waals surface area (Å²) in [6, 6.07) is 4.48. The molecule has 1 unspecified atom stereocenters. The van der Waals surface area contributed by atoms with Crippen LogP contribution in [0.1, 0.15) is 5.56 Å². The Kier molecular flexibility index (Phi) is 2.80. The van der Waals surface area contributed by atoms with Gasteiger partial charge in [0.1, 0.15) is 11.2 Å². The maximum Gasteiger partial charge on any atom is 0.320 e. The molecule has 2 aromatic rings. The molecule has 0 spiro atoms. The average molecular weight is 240 g/mol. The third-order valence-corrected chi connectivity index (χ3v) is 2.63. The molecule has 1 aromatic heterocycles. The van der Waals surface area contributed by atoms with Crippen molar-refractivity contribution in [1.82, 2.24) is 10.2 Å². The van der Waals surface area contributed by atoms with Gasteiger partial charge in [-0.3, -0.25) is 9.89 Å². The lowest BCUT2D eigenvalue weighted by molar-refractivity contribution is -0.138. The number of halogens is 1. The zero-order chi connectivity index (χ0) is 11.7. The quantitative estimate of drug-likeness (QED) is 0.750. The van der Waals surface area contributed by atoms with Crippen LogP contribution in [0.3, 0.4) is 0 Å². The highest BCUT2D eigenvalue weighted by Crippen LogP contribution is 2.21. The number of aliphatic carboxylic acids is 1. The van der Waals surface area contributed by atoms with E-state index >= 15 is 0 Å². The van der Waals surface area contributed by atoms with E-state index in [2.05, 4.69) is 10.2 Å². The van der Waals surface area contributed by atoms with E-state index in [-0.39, 0.29) is 6.42 Å². The van der Waals surface area contributed by atoms with Gasteiger partial charge < -0.3 is 10.8 Å². The number of fused-ring (bicyclic) bond motifs is 1. The van der Waals surface area contributed by atoms with Crippen LogP contribution < -0.4 is 5.73 Å². The molecule has 0 amide bonds. The van der Waals surface area contributed by atoms with Crippen LogP contribution in [-0.4, -0.2) is 27.3 Å². The highest BCUT2D eigenvalue weighted by molar-refractivity contribution is 6.34. The van der Waals surface area contributed by atoms with Crippen molar-refractivity contribution in [2.75, 3.05) is 0 Å². The number of aromatic nitrogens is 2. The molecule has 0 aliphatic carbocycles. The number of aromatic amines is 1.